The summed E-state index contributed by atoms with van der Waals surface area (Å²) in [4.78, 5) is 13.8. The van der Waals surface area contributed by atoms with Crippen molar-refractivity contribution in [2.75, 3.05) is 0 Å². The van der Waals surface area contributed by atoms with Gasteiger partial charge in [-0.15, -0.1) is 0 Å². The third-order valence-corrected chi connectivity index (χ3v) is 3.13. The lowest BCUT2D eigenvalue weighted by atomic mass is 9.96. The molecule has 1 aromatic heterocycles. The minimum Gasteiger partial charge on any atom is -0.413 e. The molecular weight excluding hydrogens is 178 g/mol. The highest BCUT2D eigenvalue weighted by Crippen LogP contribution is 2.31. The van der Waals surface area contributed by atoms with Crippen molar-refractivity contribution in [3.05, 3.63) is 22.0 Å². The van der Waals surface area contributed by atoms with Gasteiger partial charge in [-0.05, 0) is 19.8 Å². The number of hydrogen-bond acceptors (Lipinski definition) is 2. The van der Waals surface area contributed by atoms with E-state index < -0.39 is 0 Å². The van der Waals surface area contributed by atoms with Crippen molar-refractivity contribution in [3.63, 3.8) is 0 Å². The van der Waals surface area contributed by atoms with Gasteiger partial charge >= 0.3 is 5.76 Å². The molecule has 1 aromatic rings. The van der Waals surface area contributed by atoms with Gasteiger partial charge in [-0.3, -0.25) is 4.98 Å². The first-order chi connectivity index (χ1) is 6.77. The van der Waals surface area contributed by atoms with Crippen LogP contribution >= 0.6 is 0 Å². The van der Waals surface area contributed by atoms with E-state index in [2.05, 4.69) is 4.98 Å². The van der Waals surface area contributed by atoms with Gasteiger partial charge in [0.05, 0.1) is 5.69 Å². The first kappa shape index (κ1) is 9.56. The minimum atomic E-state index is -0.304. The van der Waals surface area contributed by atoms with Crippen LogP contribution in [0.25, 0.3) is 0 Å². The molecule has 78 valence electrons. The molecule has 0 saturated heterocycles. The van der Waals surface area contributed by atoms with E-state index in [4.69, 9.17) is 4.42 Å². The van der Waals surface area contributed by atoms with Gasteiger partial charge in [-0.2, -0.15) is 0 Å². The lowest BCUT2D eigenvalue weighted by Crippen LogP contribution is -2.03. The van der Waals surface area contributed by atoms with Crippen LogP contribution in [-0.2, 0) is 0 Å². The molecule has 0 aliphatic heterocycles. The quantitative estimate of drug-likeness (QED) is 0.700. The molecule has 0 unspecified atom stereocenters. The van der Waals surface area contributed by atoms with E-state index in [1.807, 2.05) is 6.92 Å². The predicted octanol–water partition coefficient (Wildman–Crippen LogP) is 2.71. The number of nitrogens with one attached hydrogen (secondary N) is 1. The van der Waals surface area contributed by atoms with Crippen LogP contribution in [0.5, 0.6) is 0 Å². The number of aryl methyl sites for hydroxylation is 1. The molecule has 3 heteroatoms. The van der Waals surface area contributed by atoms with Crippen molar-refractivity contribution >= 4 is 0 Å². The highest BCUT2D eigenvalue weighted by molar-refractivity contribution is 5.11. The van der Waals surface area contributed by atoms with Gasteiger partial charge < -0.3 is 4.42 Å². The van der Waals surface area contributed by atoms with E-state index in [0.717, 1.165) is 11.5 Å². The summed E-state index contributed by atoms with van der Waals surface area (Å²) in [6.07, 6.45) is 7.59. The first-order valence-electron chi connectivity index (χ1n) is 5.47. The molecule has 1 fully saturated rings. The Morgan fingerprint density at radius 2 is 1.86 bits per heavy atom. The molecule has 3 nitrogen and oxygen atoms in total. The van der Waals surface area contributed by atoms with E-state index in [-0.39, 0.29) is 5.76 Å². The average molecular weight is 195 g/mol. The lowest BCUT2D eigenvalue weighted by molar-refractivity contribution is 0.482. The van der Waals surface area contributed by atoms with Crippen LogP contribution in [0.2, 0.25) is 0 Å². The number of rotatable bonds is 1. The molecule has 0 atom stereocenters. The molecule has 1 N–H and O–H groups in total. The van der Waals surface area contributed by atoms with Gasteiger partial charge in [0.1, 0.15) is 5.76 Å². The predicted molar refractivity (Wildman–Crippen MR) is 54.5 cm³/mol. The van der Waals surface area contributed by atoms with Gasteiger partial charge in [0.15, 0.2) is 0 Å². The largest absolute Gasteiger partial charge is 0.416 e. The van der Waals surface area contributed by atoms with Crippen LogP contribution in [-0.4, -0.2) is 4.98 Å². The maximum absolute atomic E-state index is 11.0. The summed E-state index contributed by atoms with van der Waals surface area (Å²) >= 11 is 0. The van der Waals surface area contributed by atoms with Crippen LogP contribution in [0.1, 0.15) is 55.9 Å². The maximum atomic E-state index is 11.0. The second kappa shape index (κ2) is 4.03. The number of aromatic nitrogens is 1. The third-order valence-electron chi connectivity index (χ3n) is 3.13. The fraction of sp³-hybridized carbons (Fsp3) is 0.727. The van der Waals surface area contributed by atoms with Gasteiger partial charge in [0.2, 0.25) is 0 Å². The molecule has 0 spiro atoms. The molecular formula is C11H17NO2. The standard InChI is InChI=1S/C11H17NO2/c1-8-10(12-11(13)14-8)9-6-4-2-3-5-7-9/h9H,2-7H2,1H3,(H,12,13). The SMILES string of the molecule is Cc1oc(=O)[nH]c1C1CCCCCC1. The molecule has 14 heavy (non-hydrogen) atoms. The van der Waals surface area contributed by atoms with Crippen molar-refractivity contribution in [3.8, 4) is 0 Å². The molecule has 1 aliphatic carbocycles. The van der Waals surface area contributed by atoms with E-state index in [1.54, 1.807) is 0 Å². The van der Waals surface area contributed by atoms with Crippen molar-refractivity contribution in [1.82, 2.24) is 4.98 Å². The Morgan fingerprint density at radius 1 is 1.21 bits per heavy atom. The van der Waals surface area contributed by atoms with Gasteiger partial charge in [-0.1, -0.05) is 25.7 Å². The summed E-state index contributed by atoms with van der Waals surface area (Å²) in [7, 11) is 0. The van der Waals surface area contributed by atoms with E-state index in [9.17, 15) is 4.79 Å². The molecule has 1 heterocycles. The Balaban J connectivity index is 2.20. The number of aromatic amines is 1. The zero-order valence-corrected chi connectivity index (χ0v) is 8.64. The fourth-order valence-corrected chi connectivity index (χ4v) is 2.38. The molecule has 0 radical (unpaired) electrons. The summed E-state index contributed by atoms with van der Waals surface area (Å²) in [6.45, 7) is 1.87. The monoisotopic (exact) mass is 195 g/mol. The van der Waals surface area contributed by atoms with Crippen LogP contribution < -0.4 is 5.76 Å². The zero-order chi connectivity index (χ0) is 9.97. The third kappa shape index (κ3) is 1.91. The zero-order valence-electron chi connectivity index (χ0n) is 8.64. The Morgan fingerprint density at radius 3 is 2.36 bits per heavy atom. The lowest BCUT2D eigenvalue weighted by Gasteiger charge is -2.11. The molecule has 0 bridgehead atoms. The van der Waals surface area contributed by atoms with E-state index >= 15 is 0 Å². The first-order valence-corrected chi connectivity index (χ1v) is 5.47. The van der Waals surface area contributed by atoms with Crippen LogP contribution in [0.4, 0.5) is 0 Å². The summed E-state index contributed by atoms with van der Waals surface area (Å²) < 4.78 is 5.00. The van der Waals surface area contributed by atoms with Crippen LogP contribution in [0, 0.1) is 6.92 Å². The Hall–Kier alpha value is -0.990. The van der Waals surface area contributed by atoms with Gasteiger partial charge in [0, 0.05) is 5.92 Å². The Bertz CT molecular complexity index is 342. The molecule has 1 aliphatic rings. The second-order valence-electron chi connectivity index (χ2n) is 4.17. The van der Waals surface area contributed by atoms with Gasteiger partial charge in [-0.25, -0.2) is 4.79 Å². The molecule has 0 amide bonds. The number of oxazole rings is 1. The molecule has 1 saturated carbocycles. The normalized spacial score (nSPS) is 19.5. The Kier molecular flexibility index (Phi) is 2.75. The topological polar surface area (TPSA) is 46.0 Å². The highest BCUT2D eigenvalue weighted by Gasteiger charge is 2.19. The summed E-state index contributed by atoms with van der Waals surface area (Å²) in [6, 6.07) is 0. The second-order valence-corrected chi connectivity index (χ2v) is 4.17. The number of H-pyrrole nitrogens is 1. The minimum absolute atomic E-state index is 0.304. The fourth-order valence-electron chi connectivity index (χ4n) is 2.38. The summed E-state index contributed by atoms with van der Waals surface area (Å²) in [5.74, 6) is 0.993. The highest BCUT2D eigenvalue weighted by atomic mass is 16.4. The van der Waals surface area contributed by atoms with Crippen LogP contribution in [0.15, 0.2) is 9.21 Å². The van der Waals surface area contributed by atoms with Crippen LogP contribution in [0.3, 0.4) is 0 Å². The van der Waals surface area contributed by atoms with Crippen molar-refractivity contribution in [1.29, 1.82) is 0 Å². The molecule has 2 rings (SSSR count). The van der Waals surface area contributed by atoms with Crippen molar-refractivity contribution < 1.29 is 4.42 Å². The van der Waals surface area contributed by atoms with Crippen molar-refractivity contribution in [2.24, 2.45) is 0 Å². The van der Waals surface area contributed by atoms with E-state index in [0.29, 0.717) is 5.92 Å². The smallest absolute Gasteiger partial charge is 0.413 e. The Labute approximate surface area is 83.5 Å². The number of hydrogen-bond donors (Lipinski definition) is 1. The van der Waals surface area contributed by atoms with E-state index in [1.165, 1.54) is 38.5 Å². The molecule has 0 aromatic carbocycles. The summed E-state index contributed by atoms with van der Waals surface area (Å²) in [5, 5.41) is 0. The summed E-state index contributed by atoms with van der Waals surface area (Å²) in [5.41, 5.74) is 1.04. The maximum Gasteiger partial charge on any atom is 0.416 e. The van der Waals surface area contributed by atoms with Crippen molar-refractivity contribution in [2.45, 2.75) is 51.4 Å². The average Bonchev–Trinajstić information content (AvgIpc) is 2.43. The van der Waals surface area contributed by atoms with Gasteiger partial charge in [0.25, 0.3) is 0 Å².